The van der Waals surface area contributed by atoms with Crippen LogP contribution in [0.3, 0.4) is 0 Å². The van der Waals surface area contributed by atoms with Crippen LogP contribution in [0.1, 0.15) is 59.4 Å². The first-order valence-electron chi connectivity index (χ1n) is 10.4. The summed E-state index contributed by atoms with van der Waals surface area (Å²) in [7, 11) is 0. The molecule has 0 bridgehead atoms. The maximum absolute atomic E-state index is 4.57. The van der Waals surface area contributed by atoms with Gasteiger partial charge in [-0.1, -0.05) is 20.8 Å². The zero-order valence-corrected chi connectivity index (χ0v) is 18.4. The SMILES string of the molecule is CC(C)=Nc1ncc(-c2ccn3nc(NC4CCC4)ncc23)cc1C.CC(C)C. The second-order valence-electron chi connectivity index (χ2n) is 8.57. The first-order chi connectivity index (χ1) is 13.8. The van der Waals surface area contributed by atoms with Crippen molar-refractivity contribution in [1.82, 2.24) is 19.6 Å². The molecule has 1 fully saturated rings. The molecular formula is C23H32N6. The van der Waals surface area contributed by atoms with Gasteiger partial charge < -0.3 is 5.32 Å². The normalized spacial score (nSPS) is 13.6. The fourth-order valence-electron chi connectivity index (χ4n) is 2.99. The molecule has 154 valence electrons. The number of nitrogens with zero attached hydrogens (tertiary/aromatic N) is 5. The fraction of sp³-hybridized carbons (Fsp3) is 0.478. The summed E-state index contributed by atoms with van der Waals surface area (Å²) in [5.41, 5.74) is 5.16. The van der Waals surface area contributed by atoms with E-state index < -0.39 is 0 Å². The zero-order chi connectivity index (χ0) is 21.0. The van der Waals surface area contributed by atoms with Crippen LogP contribution in [0.2, 0.25) is 0 Å². The summed E-state index contributed by atoms with van der Waals surface area (Å²) in [6.07, 6.45) is 9.41. The van der Waals surface area contributed by atoms with Crippen LogP contribution in [0.25, 0.3) is 16.6 Å². The Hall–Kier alpha value is -2.76. The molecule has 0 radical (unpaired) electrons. The van der Waals surface area contributed by atoms with Gasteiger partial charge in [-0.25, -0.2) is 19.5 Å². The molecule has 6 heteroatoms. The number of rotatable bonds is 4. The van der Waals surface area contributed by atoms with Gasteiger partial charge in [-0.15, -0.1) is 5.10 Å². The van der Waals surface area contributed by atoms with E-state index in [1.807, 2.05) is 43.9 Å². The third kappa shape index (κ3) is 5.40. The lowest BCUT2D eigenvalue weighted by Gasteiger charge is -2.26. The number of aryl methyl sites for hydroxylation is 1. The summed E-state index contributed by atoms with van der Waals surface area (Å²) in [4.78, 5) is 13.5. The smallest absolute Gasteiger partial charge is 0.241 e. The number of hydrogen-bond acceptors (Lipinski definition) is 5. The molecule has 0 spiro atoms. The van der Waals surface area contributed by atoms with Crippen molar-refractivity contribution in [3.8, 4) is 11.1 Å². The van der Waals surface area contributed by atoms with Crippen molar-refractivity contribution < 1.29 is 0 Å². The molecule has 29 heavy (non-hydrogen) atoms. The van der Waals surface area contributed by atoms with Crippen molar-refractivity contribution in [2.24, 2.45) is 10.9 Å². The molecule has 0 amide bonds. The van der Waals surface area contributed by atoms with E-state index in [2.05, 4.69) is 58.3 Å². The molecule has 1 aliphatic rings. The Morgan fingerprint density at radius 1 is 1.17 bits per heavy atom. The third-order valence-electron chi connectivity index (χ3n) is 4.55. The average molecular weight is 393 g/mol. The molecule has 0 atom stereocenters. The lowest BCUT2D eigenvalue weighted by atomic mass is 9.93. The van der Waals surface area contributed by atoms with E-state index in [0.717, 1.165) is 39.7 Å². The highest BCUT2D eigenvalue weighted by Crippen LogP contribution is 2.28. The Balaban J connectivity index is 0.000000552. The predicted molar refractivity (Wildman–Crippen MR) is 121 cm³/mol. The highest BCUT2D eigenvalue weighted by atomic mass is 15.3. The van der Waals surface area contributed by atoms with Crippen LogP contribution in [0.4, 0.5) is 11.8 Å². The van der Waals surface area contributed by atoms with E-state index in [1.54, 1.807) is 0 Å². The Morgan fingerprint density at radius 3 is 2.48 bits per heavy atom. The highest BCUT2D eigenvalue weighted by molar-refractivity contribution is 5.83. The van der Waals surface area contributed by atoms with Crippen LogP contribution < -0.4 is 5.32 Å². The molecule has 0 unspecified atom stereocenters. The van der Waals surface area contributed by atoms with E-state index in [-0.39, 0.29) is 0 Å². The monoisotopic (exact) mass is 392 g/mol. The first kappa shape index (κ1) is 21.0. The quantitative estimate of drug-likeness (QED) is 0.567. The van der Waals surface area contributed by atoms with E-state index in [0.29, 0.717) is 12.0 Å². The van der Waals surface area contributed by atoms with E-state index in [9.17, 15) is 0 Å². The number of aliphatic imine (C=N–C) groups is 1. The van der Waals surface area contributed by atoms with Crippen molar-refractivity contribution in [2.45, 2.75) is 66.8 Å². The maximum atomic E-state index is 4.57. The molecule has 6 nitrogen and oxygen atoms in total. The lowest BCUT2D eigenvalue weighted by Crippen LogP contribution is -2.28. The Morgan fingerprint density at radius 2 is 1.90 bits per heavy atom. The summed E-state index contributed by atoms with van der Waals surface area (Å²) in [5, 5.41) is 7.96. The number of hydrogen-bond donors (Lipinski definition) is 1. The predicted octanol–water partition coefficient (Wildman–Crippen LogP) is 5.84. The van der Waals surface area contributed by atoms with Gasteiger partial charge in [0, 0.05) is 35.3 Å². The number of anilines is 1. The molecular weight excluding hydrogens is 360 g/mol. The Bertz CT molecular complexity index is 991. The van der Waals surface area contributed by atoms with Gasteiger partial charge in [-0.05, 0) is 63.6 Å². The largest absolute Gasteiger partial charge is 0.350 e. The van der Waals surface area contributed by atoms with Crippen LogP contribution in [0.5, 0.6) is 0 Å². The third-order valence-corrected chi connectivity index (χ3v) is 4.55. The van der Waals surface area contributed by atoms with Crippen molar-refractivity contribution in [1.29, 1.82) is 0 Å². The van der Waals surface area contributed by atoms with E-state index >= 15 is 0 Å². The summed E-state index contributed by atoms with van der Waals surface area (Å²) in [6, 6.07) is 4.70. The van der Waals surface area contributed by atoms with Crippen LogP contribution in [-0.2, 0) is 0 Å². The molecule has 0 aromatic carbocycles. The van der Waals surface area contributed by atoms with Gasteiger partial charge >= 0.3 is 0 Å². The molecule has 1 aliphatic carbocycles. The molecule has 0 aliphatic heterocycles. The molecule has 1 N–H and O–H groups in total. The molecule has 3 heterocycles. The second kappa shape index (κ2) is 9.16. The van der Waals surface area contributed by atoms with Crippen LogP contribution in [0.15, 0.2) is 35.7 Å². The summed E-state index contributed by atoms with van der Waals surface area (Å²) >= 11 is 0. The fourth-order valence-corrected chi connectivity index (χ4v) is 2.99. The van der Waals surface area contributed by atoms with Crippen LogP contribution >= 0.6 is 0 Å². The van der Waals surface area contributed by atoms with Gasteiger partial charge in [-0.3, -0.25) is 0 Å². The van der Waals surface area contributed by atoms with Crippen molar-refractivity contribution in [2.75, 3.05) is 5.32 Å². The van der Waals surface area contributed by atoms with Crippen LogP contribution in [0, 0.1) is 12.8 Å². The van der Waals surface area contributed by atoms with Gasteiger partial charge in [0.1, 0.15) is 0 Å². The molecule has 1 saturated carbocycles. The number of aromatic nitrogens is 4. The van der Waals surface area contributed by atoms with Gasteiger partial charge in [0.05, 0.1) is 11.7 Å². The summed E-state index contributed by atoms with van der Waals surface area (Å²) in [5.74, 6) is 2.30. The minimum atomic E-state index is 0.523. The van der Waals surface area contributed by atoms with Crippen molar-refractivity contribution >= 4 is 23.0 Å². The standard InChI is InChI=1S/C19H22N6.C4H10/c1-12(2)22-18-13(3)9-14(10-20-18)16-7-8-25-17(16)11-21-19(24-25)23-15-5-4-6-15;1-4(2)3/h7-11,15H,4-6H2,1-3H3,(H,23,24);4H,1-3H3. The molecule has 0 saturated heterocycles. The zero-order valence-electron chi connectivity index (χ0n) is 18.4. The summed E-state index contributed by atoms with van der Waals surface area (Å²) < 4.78 is 1.88. The number of pyridine rings is 1. The summed E-state index contributed by atoms with van der Waals surface area (Å²) in [6.45, 7) is 12.5. The van der Waals surface area contributed by atoms with Gasteiger partial charge in [-0.2, -0.15) is 0 Å². The topological polar surface area (TPSA) is 67.5 Å². The number of fused-ring (bicyclic) bond motifs is 1. The van der Waals surface area contributed by atoms with E-state index in [4.69, 9.17) is 0 Å². The van der Waals surface area contributed by atoms with Crippen molar-refractivity contribution in [3.63, 3.8) is 0 Å². The average Bonchev–Trinajstić information content (AvgIpc) is 3.02. The molecule has 3 aromatic rings. The van der Waals surface area contributed by atoms with Crippen LogP contribution in [-0.4, -0.2) is 31.3 Å². The molecule has 3 aromatic heterocycles. The second-order valence-corrected chi connectivity index (χ2v) is 8.57. The highest BCUT2D eigenvalue weighted by Gasteiger charge is 2.18. The lowest BCUT2D eigenvalue weighted by molar-refractivity contribution is 0.442. The maximum Gasteiger partial charge on any atom is 0.241 e. The van der Waals surface area contributed by atoms with Gasteiger partial charge in [0.25, 0.3) is 0 Å². The van der Waals surface area contributed by atoms with E-state index in [1.165, 1.54) is 19.3 Å². The minimum Gasteiger partial charge on any atom is -0.350 e. The Kier molecular flexibility index (Phi) is 6.62. The molecule has 4 rings (SSSR count). The van der Waals surface area contributed by atoms with Gasteiger partial charge in [0.2, 0.25) is 5.95 Å². The van der Waals surface area contributed by atoms with Crippen molar-refractivity contribution in [3.05, 3.63) is 36.3 Å². The van der Waals surface area contributed by atoms with Gasteiger partial charge in [0.15, 0.2) is 5.82 Å². The number of nitrogens with one attached hydrogen (secondary N) is 1. The minimum absolute atomic E-state index is 0.523. The Labute approximate surface area is 173 Å². The first-order valence-corrected chi connectivity index (χ1v) is 10.4.